The van der Waals surface area contributed by atoms with Crippen molar-refractivity contribution < 1.29 is 9.47 Å². The van der Waals surface area contributed by atoms with Crippen LogP contribution in [0.25, 0.3) is 11.1 Å². The summed E-state index contributed by atoms with van der Waals surface area (Å²) in [6, 6.07) is 21.5. The first-order valence-corrected chi connectivity index (χ1v) is 9.89. The molecule has 148 valence electrons. The Morgan fingerprint density at radius 3 is 2.28 bits per heavy atom. The van der Waals surface area contributed by atoms with E-state index in [1.807, 2.05) is 18.2 Å². The van der Waals surface area contributed by atoms with Gasteiger partial charge in [-0.15, -0.1) is 0 Å². The van der Waals surface area contributed by atoms with E-state index in [0.717, 1.165) is 29.2 Å². The highest BCUT2D eigenvalue weighted by Gasteiger charge is 2.43. The van der Waals surface area contributed by atoms with Gasteiger partial charge in [-0.05, 0) is 58.5 Å². The maximum Gasteiger partial charge on any atom is 0.161 e. The average molecular weight is 387 g/mol. The third-order valence-corrected chi connectivity index (χ3v) is 6.18. The highest BCUT2D eigenvalue weighted by Crippen LogP contribution is 2.48. The Bertz CT molecular complexity index is 1050. The molecule has 0 saturated carbocycles. The van der Waals surface area contributed by atoms with Crippen LogP contribution in [-0.2, 0) is 6.42 Å². The molecule has 3 unspecified atom stereocenters. The number of hydrazine groups is 1. The van der Waals surface area contributed by atoms with Gasteiger partial charge in [0.2, 0.25) is 0 Å². The monoisotopic (exact) mass is 387 g/mol. The number of hydrogen-bond donors (Lipinski definition) is 3. The summed E-state index contributed by atoms with van der Waals surface area (Å²) in [5.41, 5.74) is 19.9. The maximum atomic E-state index is 5.93. The maximum absolute atomic E-state index is 5.93. The lowest BCUT2D eigenvalue weighted by molar-refractivity contribution is 0.354. The van der Waals surface area contributed by atoms with Gasteiger partial charge in [-0.3, -0.25) is 0 Å². The van der Waals surface area contributed by atoms with E-state index < -0.39 is 0 Å². The van der Waals surface area contributed by atoms with Crippen molar-refractivity contribution in [2.75, 3.05) is 20.0 Å². The van der Waals surface area contributed by atoms with Crippen LogP contribution in [0.2, 0.25) is 0 Å². The Balaban J connectivity index is 1.41. The summed E-state index contributed by atoms with van der Waals surface area (Å²) >= 11 is 0. The van der Waals surface area contributed by atoms with E-state index >= 15 is 0 Å². The second kappa shape index (κ2) is 7.10. The van der Waals surface area contributed by atoms with E-state index in [0.29, 0.717) is 5.92 Å². The van der Waals surface area contributed by atoms with Crippen LogP contribution in [0.4, 0.5) is 5.69 Å². The Labute approximate surface area is 170 Å². The van der Waals surface area contributed by atoms with Crippen molar-refractivity contribution in [2.45, 2.75) is 18.5 Å². The fourth-order valence-corrected chi connectivity index (χ4v) is 4.72. The Morgan fingerprint density at radius 1 is 0.828 bits per heavy atom. The minimum Gasteiger partial charge on any atom is -0.493 e. The number of methoxy groups -OCH3 is 2. The minimum absolute atomic E-state index is 0.249. The smallest absolute Gasteiger partial charge is 0.161 e. The van der Waals surface area contributed by atoms with Gasteiger partial charge in [-0.1, -0.05) is 36.4 Å². The number of nitrogens with one attached hydrogen (secondary N) is 2. The number of ether oxygens (including phenoxy) is 2. The molecule has 5 heteroatoms. The highest BCUT2D eigenvalue weighted by molar-refractivity contribution is 5.67. The molecule has 1 fully saturated rings. The molecule has 1 saturated heterocycles. The molecule has 1 aliphatic carbocycles. The van der Waals surface area contributed by atoms with Gasteiger partial charge >= 0.3 is 0 Å². The van der Waals surface area contributed by atoms with Gasteiger partial charge in [-0.25, -0.2) is 10.9 Å². The predicted octanol–water partition coefficient (Wildman–Crippen LogP) is 4.02. The molecular formula is C24H25N3O2. The Morgan fingerprint density at radius 2 is 1.55 bits per heavy atom. The van der Waals surface area contributed by atoms with Crippen LogP contribution in [0.1, 0.15) is 28.8 Å². The van der Waals surface area contributed by atoms with Gasteiger partial charge in [0, 0.05) is 11.6 Å². The molecule has 1 aliphatic heterocycles. The molecule has 4 N–H and O–H groups in total. The fraction of sp³-hybridized carbons (Fsp3) is 0.250. The zero-order valence-corrected chi connectivity index (χ0v) is 16.6. The minimum atomic E-state index is 0.249. The highest BCUT2D eigenvalue weighted by atomic mass is 16.5. The topological polar surface area (TPSA) is 68.5 Å². The predicted molar refractivity (Wildman–Crippen MR) is 115 cm³/mol. The van der Waals surface area contributed by atoms with Gasteiger partial charge < -0.3 is 15.2 Å². The first-order chi connectivity index (χ1) is 14.2. The van der Waals surface area contributed by atoms with Crippen LogP contribution >= 0.6 is 0 Å². The molecule has 3 aromatic carbocycles. The summed E-state index contributed by atoms with van der Waals surface area (Å²) in [6.45, 7) is 0. The third kappa shape index (κ3) is 3.03. The van der Waals surface area contributed by atoms with Gasteiger partial charge in [0.15, 0.2) is 11.5 Å². The van der Waals surface area contributed by atoms with Crippen molar-refractivity contribution in [3.63, 3.8) is 0 Å². The number of hydrogen-bond acceptors (Lipinski definition) is 5. The Hall–Kier alpha value is -3.02. The molecule has 0 amide bonds. The third-order valence-electron chi connectivity index (χ3n) is 6.18. The number of fused-ring (bicyclic) bond motifs is 3. The van der Waals surface area contributed by atoms with Crippen molar-refractivity contribution in [3.05, 3.63) is 77.4 Å². The molecule has 5 rings (SSSR count). The lowest BCUT2D eigenvalue weighted by atomic mass is 9.89. The number of rotatable bonds is 4. The van der Waals surface area contributed by atoms with Gasteiger partial charge in [0.05, 0.1) is 26.3 Å². The first kappa shape index (κ1) is 18.0. The van der Waals surface area contributed by atoms with Crippen LogP contribution in [0, 0.1) is 5.92 Å². The standard InChI is InChI=1S/C24H25N3O2/c1-28-21-12-17-11-20-23(26-27-24(20)19(17)13-22(21)29-2)15-8-6-14(7-9-15)16-4-3-5-18(25)10-16/h3-10,12-13,20,23-24,26-27H,11,25H2,1-2H3. The van der Waals surface area contributed by atoms with Crippen molar-refractivity contribution >= 4 is 5.69 Å². The molecule has 1 heterocycles. The van der Waals surface area contributed by atoms with Gasteiger partial charge in [0.1, 0.15) is 0 Å². The van der Waals surface area contributed by atoms with Crippen LogP contribution in [0.5, 0.6) is 11.5 Å². The van der Waals surface area contributed by atoms with Crippen LogP contribution < -0.4 is 26.1 Å². The van der Waals surface area contributed by atoms with E-state index in [1.165, 1.54) is 22.3 Å². The van der Waals surface area contributed by atoms with Crippen molar-refractivity contribution in [1.82, 2.24) is 10.9 Å². The van der Waals surface area contributed by atoms with E-state index in [4.69, 9.17) is 15.2 Å². The molecule has 2 aliphatic rings. The molecule has 29 heavy (non-hydrogen) atoms. The molecule has 0 bridgehead atoms. The second-order valence-electron chi connectivity index (χ2n) is 7.77. The number of nitrogens with two attached hydrogens (primary N) is 1. The summed E-state index contributed by atoms with van der Waals surface area (Å²) in [6.07, 6.45) is 1.00. The molecule has 3 aromatic rings. The lowest BCUT2D eigenvalue weighted by Gasteiger charge is -2.18. The van der Waals surface area contributed by atoms with Crippen molar-refractivity contribution in [2.24, 2.45) is 5.92 Å². The second-order valence-corrected chi connectivity index (χ2v) is 7.77. The molecule has 0 spiro atoms. The molecule has 5 nitrogen and oxygen atoms in total. The van der Waals surface area contributed by atoms with E-state index in [1.54, 1.807) is 14.2 Å². The zero-order chi connectivity index (χ0) is 20.0. The summed E-state index contributed by atoms with van der Waals surface area (Å²) in [7, 11) is 3.37. The number of benzene rings is 3. The first-order valence-electron chi connectivity index (χ1n) is 9.89. The average Bonchev–Trinajstić information content (AvgIpc) is 3.31. The largest absolute Gasteiger partial charge is 0.493 e. The summed E-state index contributed by atoms with van der Waals surface area (Å²) in [5, 5.41) is 0. The van der Waals surface area contributed by atoms with E-state index in [-0.39, 0.29) is 12.1 Å². The zero-order valence-electron chi connectivity index (χ0n) is 16.6. The van der Waals surface area contributed by atoms with E-state index in [9.17, 15) is 0 Å². The van der Waals surface area contributed by atoms with Crippen LogP contribution in [0.3, 0.4) is 0 Å². The van der Waals surface area contributed by atoms with E-state index in [2.05, 4.69) is 53.3 Å². The number of nitrogen functional groups attached to an aromatic ring is 1. The summed E-state index contributed by atoms with van der Waals surface area (Å²) in [4.78, 5) is 0. The molecule has 3 atom stereocenters. The van der Waals surface area contributed by atoms with Crippen LogP contribution in [0.15, 0.2) is 60.7 Å². The van der Waals surface area contributed by atoms with Crippen molar-refractivity contribution in [1.29, 1.82) is 0 Å². The van der Waals surface area contributed by atoms with Crippen LogP contribution in [-0.4, -0.2) is 14.2 Å². The summed E-state index contributed by atoms with van der Waals surface area (Å²) in [5.74, 6) is 2.02. The Kier molecular flexibility index (Phi) is 4.42. The molecule has 0 radical (unpaired) electrons. The molecular weight excluding hydrogens is 362 g/mol. The normalized spacial score (nSPS) is 22.2. The lowest BCUT2D eigenvalue weighted by Crippen LogP contribution is -2.27. The molecule has 0 aromatic heterocycles. The SMILES string of the molecule is COc1cc2c(cc1OC)C1NNC(c3ccc(-c4cccc(N)c4)cc3)C1C2. The fourth-order valence-electron chi connectivity index (χ4n) is 4.72. The van der Waals surface area contributed by atoms with Gasteiger partial charge in [-0.2, -0.15) is 0 Å². The van der Waals surface area contributed by atoms with Crippen molar-refractivity contribution in [3.8, 4) is 22.6 Å². The van der Waals surface area contributed by atoms with Gasteiger partial charge in [0.25, 0.3) is 0 Å². The summed E-state index contributed by atoms with van der Waals surface area (Å²) < 4.78 is 11.0. The number of anilines is 1. The quantitative estimate of drug-likeness (QED) is 0.590.